The van der Waals surface area contributed by atoms with Gasteiger partial charge in [-0.1, -0.05) is 0 Å². The molecule has 2 nitrogen and oxygen atoms in total. The van der Waals surface area contributed by atoms with Crippen molar-refractivity contribution in [2.24, 2.45) is 0 Å². The van der Waals surface area contributed by atoms with Crippen LogP contribution in [0, 0.1) is 0 Å². The second-order valence-corrected chi connectivity index (χ2v) is 3.12. The Bertz CT molecular complexity index is 108. The second-order valence-electron chi connectivity index (χ2n) is 3.12. The van der Waals surface area contributed by atoms with Gasteiger partial charge in [-0.05, 0) is 26.4 Å². The molecule has 0 saturated carbocycles. The van der Waals surface area contributed by atoms with Gasteiger partial charge in [-0.15, -0.1) is 0 Å². The summed E-state index contributed by atoms with van der Waals surface area (Å²) in [5.41, 5.74) is 0. The van der Waals surface area contributed by atoms with Crippen LogP contribution in [0.2, 0.25) is 0 Å². The van der Waals surface area contributed by atoms with Crippen LogP contribution in [0.25, 0.3) is 0 Å². The summed E-state index contributed by atoms with van der Waals surface area (Å²) in [4.78, 5) is 2.32. The number of alkyl halides is 1. The third-order valence-electron chi connectivity index (χ3n) is 2.29. The summed E-state index contributed by atoms with van der Waals surface area (Å²) in [5.74, 6) is 0. The van der Waals surface area contributed by atoms with Gasteiger partial charge in [0.2, 0.25) is 0 Å². The van der Waals surface area contributed by atoms with Crippen LogP contribution in [0.15, 0.2) is 0 Å². The Balaban J connectivity index is 2.09. The monoisotopic (exact) mass is 160 g/mol. The molecule has 1 atom stereocenters. The number of likely N-dealkylation sites (tertiary alicyclic amines) is 1. The zero-order valence-electron chi connectivity index (χ0n) is 7.15. The van der Waals surface area contributed by atoms with E-state index in [1.807, 2.05) is 7.05 Å². The van der Waals surface area contributed by atoms with Gasteiger partial charge >= 0.3 is 0 Å². The lowest BCUT2D eigenvalue weighted by atomic mass is 10.3. The van der Waals surface area contributed by atoms with Crippen LogP contribution < -0.4 is 5.32 Å². The lowest BCUT2D eigenvalue weighted by Crippen LogP contribution is -2.30. The minimum atomic E-state index is -0.180. The van der Waals surface area contributed by atoms with Crippen LogP contribution in [-0.2, 0) is 0 Å². The van der Waals surface area contributed by atoms with E-state index in [-0.39, 0.29) is 6.67 Å². The average molecular weight is 160 g/mol. The molecule has 0 aromatic heterocycles. The Morgan fingerprint density at radius 3 is 3.00 bits per heavy atom. The van der Waals surface area contributed by atoms with Gasteiger partial charge in [0, 0.05) is 19.1 Å². The smallest absolute Gasteiger partial charge is 0.0906 e. The first-order valence-electron chi connectivity index (χ1n) is 4.32. The summed E-state index contributed by atoms with van der Waals surface area (Å²) in [6, 6.07) is 0.634. The van der Waals surface area contributed by atoms with E-state index in [1.54, 1.807) is 0 Å². The van der Waals surface area contributed by atoms with E-state index in [1.165, 1.54) is 6.42 Å². The highest BCUT2D eigenvalue weighted by atomic mass is 19.1. The normalized spacial score (nSPS) is 26.2. The molecule has 66 valence electrons. The molecule has 0 radical (unpaired) electrons. The van der Waals surface area contributed by atoms with Crippen molar-refractivity contribution < 1.29 is 4.39 Å². The van der Waals surface area contributed by atoms with Gasteiger partial charge in [0.25, 0.3) is 0 Å². The van der Waals surface area contributed by atoms with Crippen LogP contribution >= 0.6 is 0 Å². The quantitative estimate of drug-likeness (QED) is 0.649. The summed E-state index contributed by atoms with van der Waals surface area (Å²) in [7, 11) is 1.99. The lowest BCUT2D eigenvalue weighted by Gasteiger charge is -2.14. The highest BCUT2D eigenvalue weighted by Crippen LogP contribution is 2.08. The van der Waals surface area contributed by atoms with E-state index in [4.69, 9.17) is 0 Å². The molecule has 1 saturated heterocycles. The molecule has 11 heavy (non-hydrogen) atoms. The molecule has 1 unspecified atom stereocenters. The first-order chi connectivity index (χ1) is 5.36. The highest BCUT2D eigenvalue weighted by molar-refractivity contribution is 4.79. The number of hydrogen-bond acceptors (Lipinski definition) is 2. The largest absolute Gasteiger partial charge is 0.316 e. The molecule has 1 N–H and O–H groups in total. The summed E-state index contributed by atoms with van der Waals surface area (Å²) in [5, 5.41) is 3.23. The highest BCUT2D eigenvalue weighted by Gasteiger charge is 2.19. The summed E-state index contributed by atoms with van der Waals surface area (Å²) in [6.45, 7) is 2.97. The van der Waals surface area contributed by atoms with Crippen molar-refractivity contribution in [3.05, 3.63) is 0 Å². The predicted molar refractivity (Wildman–Crippen MR) is 44.5 cm³/mol. The fourth-order valence-corrected chi connectivity index (χ4v) is 1.55. The van der Waals surface area contributed by atoms with Gasteiger partial charge in [0.15, 0.2) is 0 Å². The number of likely N-dealkylation sites (N-methyl/N-ethyl adjacent to an activating group) is 1. The number of rotatable bonds is 4. The molecule has 0 aromatic rings. The third-order valence-corrected chi connectivity index (χ3v) is 2.29. The summed E-state index contributed by atoms with van der Waals surface area (Å²) >= 11 is 0. The van der Waals surface area contributed by atoms with Crippen molar-refractivity contribution in [3.63, 3.8) is 0 Å². The topological polar surface area (TPSA) is 15.3 Å². The SMILES string of the molecule is CNC1CCN(CCCF)C1. The molecule has 1 heterocycles. The van der Waals surface area contributed by atoms with Crippen molar-refractivity contribution >= 4 is 0 Å². The summed E-state index contributed by atoms with van der Waals surface area (Å²) in [6.07, 6.45) is 1.90. The van der Waals surface area contributed by atoms with E-state index in [0.717, 1.165) is 19.6 Å². The fraction of sp³-hybridized carbons (Fsp3) is 1.00. The molecule has 1 aliphatic heterocycles. The number of halogens is 1. The van der Waals surface area contributed by atoms with Gasteiger partial charge in [0.05, 0.1) is 6.67 Å². The standard InChI is InChI=1S/C8H17FN2/c1-10-8-3-6-11(7-8)5-2-4-9/h8,10H,2-7H2,1H3. The Morgan fingerprint density at radius 1 is 1.64 bits per heavy atom. The van der Waals surface area contributed by atoms with Crippen molar-refractivity contribution in [3.8, 4) is 0 Å². The Morgan fingerprint density at radius 2 is 2.45 bits per heavy atom. The minimum Gasteiger partial charge on any atom is -0.316 e. The zero-order valence-corrected chi connectivity index (χ0v) is 7.15. The zero-order chi connectivity index (χ0) is 8.10. The molecule has 0 aliphatic carbocycles. The van der Waals surface area contributed by atoms with Gasteiger partial charge in [-0.3, -0.25) is 4.39 Å². The van der Waals surface area contributed by atoms with E-state index in [9.17, 15) is 4.39 Å². The molecule has 0 bridgehead atoms. The molecule has 0 aromatic carbocycles. The molecule has 0 amide bonds. The van der Waals surface area contributed by atoms with Crippen LogP contribution in [0.1, 0.15) is 12.8 Å². The molecule has 1 aliphatic rings. The maximum absolute atomic E-state index is 11.8. The first kappa shape index (κ1) is 8.94. The molecular formula is C8H17FN2. The van der Waals surface area contributed by atoms with E-state index in [0.29, 0.717) is 12.5 Å². The Labute approximate surface area is 67.8 Å². The predicted octanol–water partition coefficient (Wildman–Crippen LogP) is 0.640. The molecule has 0 spiro atoms. The van der Waals surface area contributed by atoms with E-state index in [2.05, 4.69) is 10.2 Å². The van der Waals surface area contributed by atoms with Crippen LogP contribution in [-0.4, -0.2) is 44.3 Å². The van der Waals surface area contributed by atoms with Gasteiger partial charge in [0.1, 0.15) is 0 Å². The summed E-state index contributed by atoms with van der Waals surface area (Å²) < 4.78 is 11.8. The maximum atomic E-state index is 11.8. The van der Waals surface area contributed by atoms with Crippen LogP contribution in [0.4, 0.5) is 4.39 Å². The number of nitrogens with one attached hydrogen (secondary N) is 1. The van der Waals surface area contributed by atoms with Gasteiger partial charge in [-0.25, -0.2) is 0 Å². The lowest BCUT2D eigenvalue weighted by molar-refractivity contribution is 0.306. The maximum Gasteiger partial charge on any atom is 0.0906 e. The second kappa shape index (κ2) is 4.67. The molecule has 3 heteroatoms. The van der Waals surface area contributed by atoms with Crippen molar-refractivity contribution in [2.45, 2.75) is 18.9 Å². The first-order valence-corrected chi connectivity index (χ1v) is 4.32. The fourth-order valence-electron chi connectivity index (χ4n) is 1.55. The van der Waals surface area contributed by atoms with E-state index < -0.39 is 0 Å². The van der Waals surface area contributed by atoms with Crippen molar-refractivity contribution in [1.29, 1.82) is 0 Å². The van der Waals surface area contributed by atoms with Crippen LogP contribution in [0.3, 0.4) is 0 Å². The van der Waals surface area contributed by atoms with Crippen molar-refractivity contribution in [2.75, 3.05) is 33.4 Å². The average Bonchev–Trinajstić information content (AvgIpc) is 2.48. The van der Waals surface area contributed by atoms with Gasteiger partial charge in [-0.2, -0.15) is 0 Å². The number of hydrogen-bond donors (Lipinski definition) is 1. The third kappa shape index (κ3) is 2.75. The minimum absolute atomic E-state index is 0.180. The van der Waals surface area contributed by atoms with E-state index >= 15 is 0 Å². The molecular weight excluding hydrogens is 143 g/mol. The Hall–Kier alpha value is -0.150. The number of nitrogens with zero attached hydrogens (tertiary/aromatic N) is 1. The Kier molecular flexibility index (Phi) is 3.80. The van der Waals surface area contributed by atoms with Crippen molar-refractivity contribution in [1.82, 2.24) is 10.2 Å². The molecule has 1 fully saturated rings. The molecule has 1 rings (SSSR count). The van der Waals surface area contributed by atoms with Gasteiger partial charge < -0.3 is 10.2 Å². The van der Waals surface area contributed by atoms with Crippen LogP contribution in [0.5, 0.6) is 0 Å².